The van der Waals surface area contributed by atoms with Crippen molar-refractivity contribution in [2.24, 2.45) is 0 Å². The second kappa shape index (κ2) is 8.34. The maximum Gasteiger partial charge on any atom is 0.257 e. The van der Waals surface area contributed by atoms with Crippen molar-refractivity contribution in [3.8, 4) is 5.75 Å². The zero-order chi connectivity index (χ0) is 15.9. The molecule has 1 aromatic rings. The number of benzene rings is 1. The van der Waals surface area contributed by atoms with Crippen LogP contribution in [0.1, 0.15) is 43.2 Å². The predicted molar refractivity (Wildman–Crippen MR) is 91.9 cm³/mol. The number of hydrogen-bond acceptors (Lipinski definition) is 3. The number of likely N-dealkylation sites (tertiary alicyclic amines) is 1. The number of hydrogen-bond donors (Lipinski definition) is 1. The van der Waals surface area contributed by atoms with E-state index in [9.17, 15) is 4.79 Å². The van der Waals surface area contributed by atoms with Crippen molar-refractivity contribution in [2.45, 2.75) is 44.9 Å². The number of ether oxygens (including phenoxy) is 1. The Bertz CT molecular complexity index is 524. The van der Waals surface area contributed by atoms with E-state index in [4.69, 9.17) is 4.74 Å². The molecule has 0 unspecified atom stereocenters. The molecule has 1 N–H and O–H groups in total. The Morgan fingerprint density at radius 2 is 1.87 bits per heavy atom. The zero-order valence-electron chi connectivity index (χ0n) is 14.0. The molecule has 1 amide bonds. The Morgan fingerprint density at radius 3 is 2.70 bits per heavy atom. The van der Waals surface area contributed by atoms with Gasteiger partial charge in [-0.2, -0.15) is 0 Å². The van der Waals surface area contributed by atoms with E-state index in [2.05, 4.69) is 22.3 Å². The van der Waals surface area contributed by atoms with Crippen LogP contribution in [-0.4, -0.2) is 43.6 Å². The average molecular weight is 316 g/mol. The van der Waals surface area contributed by atoms with E-state index < -0.39 is 0 Å². The Morgan fingerprint density at radius 1 is 1.09 bits per heavy atom. The molecule has 1 heterocycles. The third kappa shape index (κ3) is 4.96. The first-order valence-corrected chi connectivity index (χ1v) is 9.05. The van der Waals surface area contributed by atoms with Gasteiger partial charge in [0.25, 0.3) is 5.91 Å². The molecular weight excluding hydrogens is 288 g/mol. The van der Waals surface area contributed by atoms with Gasteiger partial charge in [0.1, 0.15) is 5.75 Å². The fourth-order valence-electron chi connectivity index (χ4n) is 3.54. The number of nitrogens with zero attached hydrogens (tertiary/aromatic N) is 1. The Balaban J connectivity index is 1.33. The quantitative estimate of drug-likeness (QED) is 0.786. The van der Waals surface area contributed by atoms with Gasteiger partial charge in [0.2, 0.25) is 0 Å². The van der Waals surface area contributed by atoms with Crippen molar-refractivity contribution in [3.63, 3.8) is 0 Å². The molecule has 0 atom stereocenters. The molecule has 1 fully saturated rings. The lowest BCUT2D eigenvalue weighted by Gasteiger charge is -2.17. The number of carbonyl (C=O) groups is 1. The number of fused-ring (bicyclic) bond motifs is 1. The van der Waals surface area contributed by atoms with Crippen molar-refractivity contribution in [1.82, 2.24) is 10.2 Å². The Hall–Kier alpha value is -1.55. The van der Waals surface area contributed by atoms with Crippen molar-refractivity contribution < 1.29 is 9.53 Å². The van der Waals surface area contributed by atoms with Gasteiger partial charge < -0.3 is 15.0 Å². The summed E-state index contributed by atoms with van der Waals surface area (Å²) in [5.41, 5.74) is 2.83. The summed E-state index contributed by atoms with van der Waals surface area (Å²) < 4.78 is 5.64. The highest BCUT2D eigenvalue weighted by Crippen LogP contribution is 2.25. The van der Waals surface area contributed by atoms with E-state index in [1.165, 1.54) is 56.3 Å². The van der Waals surface area contributed by atoms with Crippen LogP contribution in [0.4, 0.5) is 0 Å². The fraction of sp³-hybridized carbons (Fsp3) is 0.632. The molecule has 0 spiro atoms. The lowest BCUT2D eigenvalue weighted by atomic mass is 9.92. The standard InChI is InChI=1S/C19H28N2O2/c22-19(20-10-5-13-21-11-3-4-12-21)15-23-18-9-8-16-6-1-2-7-17(16)14-18/h8-9,14H,1-7,10-13,15H2,(H,20,22). The maximum absolute atomic E-state index is 11.9. The molecule has 0 saturated carbocycles. The van der Waals surface area contributed by atoms with Gasteiger partial charge >= 0.3 is 0 Å². The number of nitrogens with one attached hydrogen (secondary N) is 1. The van der Waals surface area contributed by atoms with Gasteiger partial charge in [0.15, 0.2) is 6.61 Å². The summed E-state index contributed by atoms with van der Waals surface area (Å²) in [5, 5.41) is 2.95. The minimum absolute atomic E-state index is 0.0239. The molecule has 0 radical (unpaired) electrons. The van der Waals surface area contributed by atoms with Crippen LogP contribution in [0.3, 0.4) is 0 Å². The van der Waals surface area contributed by atoms with Gasteiger partial charge in [-0.15, -0.1) is 0 Å². The first kappa shape index (κ1) is 16.3. The minimum Gasteiger partial charge on any atom is -0.484 e. The second-order valence-corrected chi connectivity index (χ2v) is 6.68. The van der Waals surface area contributed by atoms with Gasteiger partial charge in [-0.1, -0.05) is 6.07 Å². The van der Waals surface area contributed by atoms with E-state index in [1.54, 1.807) is 0 Å². The summed E-state index contributed by atoms with van der Waals surface area (Å²) in [6.07, 6.45) is 8.51. The fourth-order valence-corrected chi connectivity index (χ4v) is 3.54. The molecule has 0 aromatic heterocycles. The first-order valence-electron chi connectivity index (χ1n) is 9.05. The third-order valence-corrected chi connectivity index (χ3v) is 4.86. The SMILES string of the molecule is O=C(COc1ccc2c(c1)CCCC2)NCCCN1CCCC1. The van der Waals surface area contributed by atoms with Crippen LogP contribution < -0.4 is 10.1 Å². The van der Waals surface area contributed by atoms with E-state index >= 15 is 0 Å². The van der Waals surface area contributed by atoms with Crippen LogP contribution in [0, 0.1) is 0 Å². The largest absolute Gasteiger partial charge is 0.484 e. The predicted octanol–water partition coefficient (Wildman–Crippen LogP) is 2.55. The van der Waals surface area contributed by atoms with Crippen molar-refractivity contribution in [1.29, 1.82) is 0 Å². The monoisotopic (exact) mass is 316 g/mol. The van der Waals surface area contributed by atoms with E-state index in [1.807, 2.05) is 6.07 Å². The summed E-state index contributed by atoms with van der Waals surface area (Å²) in [6.45, 7) is 4.38. The van der Waals surface area contributed by atoms with Gasteiger partial charge in [-0.05, 0) is 87.8 Å². The highest BCUT2D eigenvalue weighted by molar-refractivity contribution is 5.77. The van der Waals surface area contributed by atoms with Gasteiger partial charge in [-0.25, -0.2) is 0 Å². The van der Waals surface area contributed by atoms with E-state index in [0.29, 0.717) is 0 Å². The van der Waals surface area contributed by atoms with Crippen molar-refractivity contribution in [2.75, 3.05) is 32.8 Å². The molecule has 3 rings (SSSR count). The lowest BCUT2D eigenvalue weighted by molar-refractivity contribution is -0.123. The number of amides is 1. The highest BCUT2D eigenvalue weighted by Gasteiger charge is 2.12. The molecular formula is C19H28N2O2. The number of aryl methyl sites for hydroxylation is 2. The van der Waals surface area contributed by atoms with Crippen LogP contribution >= 0.6 is 0 Å². The topological polar surface area (TPSA) is 41.6 Å². The van der Waals surface area contributed by atoms with Crippen LogP contribution in [-0.2, 0) is 17.6 Å². The van der Waals surface area contributed by atoms with Crippen LogP contribution in [0.2, 0.25) is 0 Å². The zero-order valence-corrected chi connectivity index (χ0v) is 14.0. The van der Waals surface area contributed by atoms with E-state index in [-0.39, 0.29) is 12.5 Å². The maximum atomic E-state index is 11.9. The molecule has 4 heteroatoms. The lowest BCUT2D eigenvalue weighted by Crippen LogP contribution is -2.32. The molecule has 0 bridgehead atoms. The third-order valence-electron chi connectivity index (χ3n) is 4.86. The minimum atomic E-state index is -0.0239. The summed E-state index contributed by atoms with van der Waals surface area (Å²) in [7, 11) is 0. The molecule has 4 nitrogen and oxygen atoms in total. The van der Waals surface area contributed by atoms with Gasteiger partial charge in [0.05, 0.1) is 0 Å². The van der Waals surface area contributed by atoms with Crippen LogP contribution in [0.15, 0.2) is 18.2 Å². The first-order chi connectivity index (χ1) is 11.3. The number of carbonyl (C=O) groups excluding carboxylic acids is 1. The molecule has 1 aromatic carbocycles. The molecule has 23 heavy (non-hydrogen) atoms. The molecule has 2 aliphatic rings. The smallest absolute Gasteiger partial charge is 0.257 e. The summed E-state index contributed by atoms with van der Waals surface area (Å²) in [4.78, 5) is 14.3. The second-order valence-electron chi connectivity index (χ2n) is 6.68. The highest BCUT2D eigenvalue weighted by atomic mass is 16.5. The van der Waals surface area contributed by atoms with Gasteiger partial charge in [0, 0.05) is 6.54 Å². The van der Waals surface area contributed by atoms with E-state index in [0.717, 1.165) is 31.7 Å². The molecule has 1 saturated heterocycles. The normalized spacial score (nSPS) is 17.7. The molecule has 1 aliphatic heterocycles. The Kier molecular flexibility index (Phi) is 5.92. The number of rotatable bonds is 7. The summed E-state index contributed by atoms with van der Waals surface area (Å²) in [6, 6.07) is 6.25. The van der Waals surface area contributed by atoms with Crippen LogP contribution in [0.25, 0.3) is 0 Å². The van der Waals surface area contributed by atoms with Crippen molar-refractivity contribution >= 4 is 5.91 Å². The Labute approximate surface area is 139 Å². The summed E-state index contributed by atoms with van der Waals surface area (Å²) >= 11 is 0. The van der Waals surface area contributed by atoms with Crippen molar-refractivity contribution in [3.05, 3.63) is 29.3 Å². The molecule has 126 valence electrons. The average Bonchev–Trinajstić information content (AvgIpc) is 3.10. The summed E-state index contributed by atoms with van der Waals surface area (Å²) in [5.74, 6) is 0.794. The van der Waals surface area contributed by atoms with Crippen LogP contribution in [0.5, 0.6) is 5.75 Å². The van der Waals surface area contributed by atoms with Gasteiger partial charge in [-0.3, -0.25) is 4.79 Å². The molecule has 1 aliphatic carbocycles.